The first-order valence-corrected chi connectivity index (χ1v) is 16.0. The molecule has 1 aliphatic rings. The van der Waals surface area contributed by atoms with E-state index in [0.717, 1.165) is 5.56 Å². The maximum atomic E-state index is 14.6. The number of nitrogens with one attached hydrogen (secondary N) is 2. The third kappa shape index (κ3) is 8.19. The Morgan fingerprint density at radius 3 is 2.53 bits per heavy atom. The summed E-state index contributed by atoms with van der Waals surface area (Å²) in [6.07, 6.45) is -0.563. The number of azide groups is 1. The largest absolute Gasteiger partial charge is 0.494 e. The number of aliphatic hydroxyl groups is 1. The molecule has 12 nitrogen and oxygen atoms in total. The second-order valence-electron chi connectivity index (χ2n) is 10.9. The summed E-state index contributed by atoms with van der Waals surface area (Å²) in [4.78, 5) is 22.6. The first-order valence-electron chi connectivity index (χ1n) is 15.2. The van der Waals surface area contributed by atoms with Crippen LogP contribution in [0.25, 0.3) is 10.4 Å². The third-order valence-corrected chi connectivity index (χ3v) is 8.38. The number of nitrogens with zero attached hydrogens (tertiary/aromatic N) is 4. The summed E-state index contributed by atoms with van der Waals surface area (Å²) < 4.78 is 23.0. The molecule has 0 spiro atoms. The van der Waals surface area contributed by atoms with Crippen LogP contribution in [0.5, 0.6) is 17.2 Å². The SMILES string of the molecule is COc1ccc(CNNC(=O)[C@@]2(Cc3ccccc3N=[N+]=[N-])N=C(c3ccc(OCCCO)cc3)O[C@H]2c2ccc(Cl)cc2Cl)cc1OC. The van der Waals surface area contributed by atoms with Gasteiger partial charge in [0.2, 0.25) is 5.90 Å². The molecule has 254 valence electrons. The molecule has 1 heterocycles. The van der Waals surface area contributed by atoms with Gasteiger partial charge in [0, 0.05) is 57.8 Å². The van der Waals surface area contributed by atoms with Gasteiger partial charge < -0.3 is 24.1 Å². The molecule has 1 aliphatic heterocycles. The Balaban J connectivity index is 1.56. The molecule has 5 rings (SSSR count). The van der Waals surface area contributed by atoms with Crippen LogP contribution >= 0.6 is 23.2 Å². The highest BCUT2D eigenvalue weighted by atomic mass is 35.5. The number of hydrazine groups is 1. The summed E-state index contributed by atoms with van der Waals surface area (Å²) in [5, 5.41) is 13.6. The van der Waals surface area contributed by atoms with Crippen molar-refractivity contribution in [2.75, 3.05) is 27.4 Å². The fourth-order valence-corrected chi connectivity index (χ4v) is 5.90. The molecule has 4 aromatic carbocycles. The van der Waals surface area contributed by atoms with Gasteiger partial charge in [-0.2, -0.15) is 0 Å². The topological polar surface area (TPSA) is 159 Å². The summed E-state index contributed by atoms with van der Waals surface area (Å²) >= 11 is 13.0. The zero-order valence-electron chi connectivity index (χ0n) is 26.7. The number of carbonyl (C=O) groups is 1. The van der Waals surface area contributed by atoms with E-state index >= 15 is 0 Å². The van der Waals surface area contributed by atoms with Crippen LogP contribution in [0.3, 0.4) is 0 Å². The molecule has 4 aromatic rings. The van der Waals surface area contributed by atoms with Crippen LogP contribution in [0.4, 0.5) is 5.69 Å². The van der Waals surface area contributed by atoms with Gasteiger partial charge in [-0.3, -0.25) is 10.2 Å². The van der Waals surface area contributed by atoms with Crippen molar-refractivity contribution in [3.05, 3.63) is 128 Å². The van der Waals surface area contributed by atoms with E-state index in [1.807, 2.05) is 6.07 Å². The first kappa shape index (κ1) is 35.3. The van der Waals surface area contributed by atoms with Gasteiger partial charge >= 0.3 is 0 Å². The van der Waals surface area contributed by atoms with Crippen LogP contribution in [-0.4, -0.2) is 49.9 Å². The number of ether oxygens (including phenoxy) is 4. The second kappa shape index (κ2) is 16.4. The van der Waals surface area contributed by atoms with Gasteiger partial charge in [-0.15, -0.1) is 0 Å². The molecule has 2 atom stereocenters. The zero-order chi connectivity index (χ0) is 34.8. The minimum atomic E-state index is -1.66. The van der Waals surface area contributed by atoms with Crippen molar-refractivity contribution >= 4 is 40.7 Å². The van der Waals surface area contributed by atoms with Crippen molar-refractivity contribution in [1.82, 2.24) is 10.9 Å². The van der Waals surface area contributed by atoms with Gasteiger partial charge in [-0.25, -0.2) is 10.4 Å². The number of hydrogen-bond donors (Lipinski definition) is 3. The highest BCUT2D eigenvalue weighted by Gasteiger charge is 2.54. The van der Waals surface area contributed by atoms with Gasteiger partial charge in [-0.05, 0) is 65.2 Å². The van der Waals surface area contributed by atoms with Crippen molar-refractivity contribution in [3.63, 3.8) is 0 Å². The molecule has 0 radical (unpaired) electrons. The number of benzene rings is 4. The average Bonchev–Trinajstić information content (AvgIpc) is 3.49. The molecule has 0 fully saturated rings. The third-order valence-electron chi connectivity index (χ3n) is 7.82. The molecule has 0 saturated heterocycles. The minimum Gasteiger partial charge on any atom is -0.494 e. The summed E-state index contributed by atoms with van der Waals surface area (Å²) in [6.45, 7) is 0.612. The lowest BCUT2D eigenvalue weighted by Gasteiger charge is -2.31. The van der Waals surface area contributed by atoms with Gasteiger partial charge in [0.05, 0.1) is 20.8 Å². The number of methoxy groups -OCH3 is 2. The summed E-state index contributed by atoms with van der Waals surface area (Å²) in [6, 6.07) is 24.3. The van der Waals surface area contributed by atoms with Crippen molar-refractivity contribution in [3.8, 4) is 17.2 Å². The van der Waals surface area contributed by atoms with Crippen LogP contribution < -0.4 is 25.1 Å². The number of rotatable bonds is 15. The summed E-state index contributed by atoms with van der Waals surface area (Å²) in [5.74, 6) is 1.37. The van der Waals surface area contributed by atoms with Crippen LogP contribution in [-0.2, 0) is 22.5 Å². The lowest BCUT2D eigenvalue weighted by molar-refractivity contribution is -0.130. The number of hydrogen-bond acceptors (Lipinski definition) is 9. The Hall–Kier alpha value is -4.97. The fourth-order valence-electron chi connectivity index (χ4n) is 5.40. The monoisotopic (exact) mass is 704 g/mol. The summed E-state index contributed by atoms with van der Waals surface area (Å²) in [5.41, 5.74) is 16.2. The predicted molar refractivity (Wildman–Crippen MR) is 187 cm³/mol. The highest BCUT2D eigenvalue weighted by molar-refractivity contribution is 6.35. The van der Waals surface area contributed by atoms with Gasteiger partial charge in [0.1, 0.15) is 5.75 Å². The smallest absolute Gasteiger partial charge is 0.266 e. The van der Waals surface area contributed by atoms with Crippen LogP contribution in [0.2, 0.25) is 10.0 Å². The Labute approximate surface area is 293 Å². The van der Waals surface area contributed by atoms with Crippen LogP contribution in [0.15, 0.2) is 95.0 Å². The molecule has 0 unspecified atom stereocenters. The van der Waals surface area contributed by atoms with E-state index in [-0.39, 0.29) is 30.5 Å². The Morgan fingerprint density at radius 1 is 1.04 bits per heavy atom. The molecule has 0 saturated carbocycles. The molecule has 3 N–H and O–H groups in total. The summed E-state index contributed by atoms with van der Waals surface area (Å²) in [7, 11) is 3.10. The lowest BCUT2D eigenvalue weighted by Crippen LogP contribution is -2.53. The van der Waals surface area contributed by atoms with Crippen molar-refractivity contribution in [2.45, 2.75) is 31.0 Å². The molecule has 0 aromatic heterocycles. The van der Waals surface area contributed by atoms with Gasteiger partial charge in [-0.1, -0.05) is 64.7 Å². The predicted octanol–water partition coefficient (Wildman–Crippen LogP) is 7.03. The van der Waals surface area contributed by atoms with E-state index in [2.05, 4.69) is 20.9 Å². The lowest BCUT2D eigenvalue weighted by atomic mass is 9.81. The number of aliphatic imine (C=N–C) groups is 1. The van der Waals surface area contributed by atoms with Crippen LogP contribution in [0, 0.1) is 0 Å². The number of carbonyl (C=O) groups excluding carboxylic acids is 1. The highest BCUT2D eigenvalue weighted by Crippen LogP contribution is 2.46. The minimum absolute atomic E-state index is 0.0213. The van der Waals surface area contributed by atoms with E-state index in [1.165, 1.54) is 0 Å². The van der Waals surface area contributed by atoms with E-state index in [4.69, 9.17) is 52.2 Å². The van der Waals surface area contributed by atoms with Crippen molar-refractivity contribution in [1.29, 1.82) is 0 Å². The molecule has 0 aliphatic carbocycles. The van der Waals surface area contributed by atoms with E-state index in [0.29, 0.717) is 57.7 Å². The van der Waals surface area contributed by atoms with E-state index in [9.17, 15) is 10.3 Å². The van der Waals surface area contributed by atoms with Crippen molar-refractivity contribution < 1.29 is 28.8 Å². The Kier molecular flexibility index (Phi) is 11.8. The maximum absolute atomic E-state index is 14.6. The number of amides is 1. The Bertz CT molecular complexity index is 1870. The normalized spacial score (nSPS) is 16.6. The second-order valence-corrected chi connectivity index (χ2v) is 11.8. The quantitative estimate of drug-likeness (QED) is 0.0394. The molecule has 1 amide bonds. The number of aliphatic hydroxyl groups excluding tert-OH is 1. The molecular weight excluding hydrogens is 671 g/mol. The fraction of sp³-hybridized carbons (Fsp3) is 0.257. The number of halogens is 2. The first-order chi connectivity index (χ1) is 23.8. The van der Waals surface area contributed by atoms with Gasteiger partial charge in [0.25, 0.3) is 5.91 Å². The zero-order valence-corrected chi connectivity index (χ0v) is 28.2. The van der Waals surface area contributed by atoms with Gasteiger partial charge in [0.15, 0.2) is 23.1 Å². The molecule has 49 heavy (non-hydrogen) atoms. The van der Waals surface area contributed by atoms with E-state index in [1.54, 1.807) is 93.1 Å². The standard InChI is InChI=1S/C35H34Cl2N6O6/c1-46-30-15-8-22(18-31(30)47-2)21-39-42-34(45)35(20-24-6-3-4-7-29(24)41-43-38)32(27-14-11-25(36)19-28(27)37)49-33(40-35)23-9-12-26(13-10-23)48-17-5-16-44/h3-4,6-15,18-19,32,39,44H,5,16-17,20-21H2,1-2H3,(H,42,45)/t32-,35-/m0/s1. The maximum Gasteiger partial charge on any atom is 0.266 e. The molecule has 14 heteroatoms. The van der Waals surface area contributed by atoms with Crippen LogP contribution in [0.1, 0.15) is 34.8 Å². The molecule has 0 bridgehead atoms. The van der Waals surface area contributed by atoms with E-state index < -0.39 is 17.6 Å². The molecular formula is C35H34Cl2N6O6. The van der Waals surface area contributed by atoms with Crippen molar-refractivity contribution in [2.24, 2.45) is 10.1 Å². The Morgan fingerprint density at radius 2 is 1.82 bits per heavy atom. The average molecular weight is 706 g/mol.